The van der Waals surface area contributed by atoms with Crippen LogP contribution >= 0.6 is 15.9 Å². The van der Waals surface area contributed by atoms with Crippen LogP contribution in [-0.2, 0) is 10.0 Å². The number of nitrogens with zero attached hydrogens (tertiary/aromatic N) is 1. The van der Waals surface area contributed by atoms with Crippen molar-refractivity contribution in [2.24, 2.45) is 0 Å². The van der Waals surface area contributed by atoms with Gasteiger partial charge in [0.15, 0.2) is 4.90 Å². The second-order valence-corrected chi connectivity index (χ2v) is 5.34. The van der Waals surface area contributed by atoms with E-state index >= 15 is 0 Å². The van der Waals surface area contributed by atoms with Crippen LogP contribution < -0.4 is 4.72 Å². The van der Waals surface area contributed by atoms with Gasteiger partial charge in [-0.05, 0) is 6.07 Å². The van der Waals surface area contributed by atoms with Gasteiger partial charge in [-0.3, -0.25) is 10.1 Å². The van der Waals surface area contributed by atoms with Gasteiger partial charge in [-0.1, -0.05) is 28.1 Å². The Morgan fingerprint density at radius 2 is 2.00 bits per heavy atom. The highest BCUT2D eigenvalue weighted by atomic mass is 79.9. The molecule has 0 saturated carbocycles. The molecular weight excluding hydrogens is 300 g/mol. The summed E-state index contributed by atoms with van der Waals surface area (Å²) in [4.78, 5) is 9.61. The average molecular weight is 309 g/mol. The van der Waals surface area contributed by atoms with Crippen molar-refractivity contribution in [1.82, 2.24) is 4.72 Å². The second kappa shape index (κ2) is 5.37. The molecule has 0 aromatic heterocycles. The van der Waals surface area contributed by atoms with Gasteiger partial charge in [0.1, 0.15) is 0 Å². The second-order valence-electron chi connectivity index (χ2n) is 2.81. The number of nitrogens with one attached hydrogen (secondary N) is 1. The van der Waals surface area contributed by atoms with Gasteiger partial charge in [-0.25, -0.2) is 13.1 Å². The smallest absolute Gasteiger partial charge is 0.258 e. The monoisotopic (exact) mass is 308 g/mol. The lowest BCUT2D eigenvalue weighted by Crippen LogP contribution is -2.26. The zero-order valence-corrected chi connectivity index (χ0v) is 10.5. The molecule has 0 aliphatic heterocycles. The molecule has 1 aromatic carbocycles. The van der Waals surface area contributed by atoms with Crippen LogP contribution in [0.2, 0.25) is 0 Å². The predicted molar refractivity (Wildman–Crippen MR) is 62.1 cm³/mol. The Morgan fingerprint density at radius 1 is 1.38 bits per heavy atom. The molecule has 0 radical (unpaired) electrons. The molecule has 0 aliphatic carbocycles. The molecule has 6 nitrogen and oxygen atoms in total. The number of hydrogen-bond donors (Lipinski definition) is 1. The van der Waals surface area contributed by atoms with Crippen molar-refractivity contribution < 1.29 is 13.3 Å². The summed E-state index contributed by atoms with van der Waals surface area (Å²) < 4.78 is 25.6. The van der Waals surface area contributed by atoms with Gasteiger partial charge in [-0.15, -0.1) is 0 Å². The van der Waals surface area contributed by atoms with Crippen LogP contribution in [0.1, 0.15) is 0 Å². The average Bonchev–Trinajstić information content (AvgIpc) is 2.26. The van der Waals surface area contributed by atoms with Gasteiger partial charge in [0.05, 0.1) is 4.92 Å². The van der Waals surface area contributed by atoms with Gasteiger partial charge < -0.3 is 0 Å². The van der Waals surface area contributed by atoms with E-state index in [1.54, 1.807) is 0 Å². The summed E-state index contributed by atoms with van der Waals surface area (Å²) >= 11 is 3.06. The molecule has 88 valence electrons. The lowest BCUT2D eigenvalue weighted by atomic mass is 10.3. The molecule has 0 atom stereocenters. The van der Waals surface area contributed by atoms with Crippen LogP contribution in [-0.4, -0.2) is 25.2 Å². The molecule has 16 heavy (non-hydrogen) atoms. The van der Waals surface area contributed by atoms with Gasteiger partial charge >= 0.3 is 0 Å². The Bertz CT molecular complexity index is 489. The Hall–Kier alpha value is -0.990. The molecular formula is C8H9BrN2O4S. The lowest BCUT2D eigenvalue weighted by Gasteiger charge is -2.05. The maximum Gasteiger partial charge on any atom is 0.289 e. The Morgan fingerprint density at radius 3 is 2.56 bits per heavy atom. The maximum atomic E-state index is 11.7. The van der Waals surface area contributed by atoms with Crippen LogP contribution in [0, 0.1) is 10.1 Å². The predicted octanol–water partition coefficient (Wildman–Crippen LogP) is 1.27. The van der Waals surface area contributed by atoms with Crippen LogP contribution in [0.4, 0.5) is 5.69 Å². The van der Waals surface area contributed by atoms with Crippen molar-refractivity contribution in [2.75, 3.05) is 11.9 Å². The van der Waals surface area contributed by atoms with Crippen molar-refractivity contribution >= 4 is 31.6 Å². The number of alkyl halides is 1. The number of hydrogen-bond acceptors (Lipinski definition) is 4. The van der Waals surface area contributed by atoms with Crippen LogP contribution in [0.25, 0.3) is 0 Å². The molecule has 8 heteroatoms. The topological polar surface area (TPSA) is 89.3 Å². The normalized spacial score (nSPS) is 11.3. The molecule has 0 bridgehead atoms. The highest BCUT2D eigenvalue weighted by molar-refractivity contribution is 9.09. The van der Waals surface area contributed by atoms with E-state index in [0.29, 0.717) is 5.33 Å². The van der Waals surface area contributed by atoms with E-state index in [0.717, 1.165) is 6.07 Å². The first-order valence-electron chi connectivity index (χ1n) is 4.28. The van der Waals surface area contributed by atoms with Crippen molar-refractivity contribution in [3.8, 4) is 0 Å². The van der Waals surface area contributed by atoms with Crippen molar-refractivity contribution in [1.29, 1.82) is 0 Å². The van der Waals surface area contributed by atoms with Gasteiger partial charge in [0, 0.05) is 17.9 Å². The highest BCUT2D eigenvalue weighted by Gasteiger charge is 2.24. The SMILES string of the molecule is O=[N+]([O-])c1ccccc1S(=O)(=O)NCCBr. The zero-order chi connectivity index (χ0) is 12.2. The fraction of sp³-hybridized carbons (Fsp3) is 0.250. The molecule has 1 rings (SSSR count). The first kappa shape index (κ1) is 13.1. The number of benzene rings is 1. The third-order valence-electron chi connectivity index (χ3n) is 1.74. The quantitative estimate of drug-likeness (QED) is 0.504. The summed E-state index contributed by atoms with van der Waals surface area (Å²) in [6.07, 6.45) is 0. The van der Waals surface area contributed by atoms with Crippen LogP contribution in [0.5, 0.6) is 0 Å². The van der Waals surface area contributed by atoms with Gasteiger partial charge in [0.2, 0.25) is 10.0 Å². The molecule has 0 amide bonds. The molecule has 0 aliphatic rings. The van der Waals surface area contributed by atoms with Crippen molar-refractivity contribution in [3.63, 3.8) is 0 Å². The largest absolute Gasteiger partial charge is 0.289 e. The fourth-order valence-corrected chi connectivity index (χ4v) is 2.75. The number of para-hydroxylation sites is 1. The summed E-state index contributed by atoms with van der Waals surface area (Å²) in [5.41, 5.74) is -0.426. The molecule has 0 heterocycles. The number of nitro groups is 1. The van der Waals surface area contributed by atoms with E-state index in [-0.39, 0.29) is 11.4 Å². The van der Waals surface area contributed by atoms with E-state index in [2.05, 4.69) is 20.7 Å². The molecule has 0 fully saturated rings. The van der Waals surface area contributed by atoms with E-state index in [9.17, 15) is 18.5 Å². The molecule has 1 aromatic rings. The molecule has 0 unspecified atom stereocenters. The number of sulfonamides is 1. The summed E-state index contributed by atoms with van der Waals surface area (Å²) in [6.45, 7) is 0.175. The van der Waals surface area contributed by atoms with Crippen molar-refractivity contribution in [2.45, 2.75) is 4.90 Å². The Balaban J connectivity index is 3.17. The summed E-state index contributed by atoms with van der Waals surface area (Å²) in [5.74, 6) is 0. The lowest BCUT2D eigenvalue weighted by molar-refractivity contribution is -0.387. The third-order valence-corrected chi connectivity index (χ3v) is 3.64. The maximum absolute atomic E-state index is 11.7. The zero-order valence-electron chi connectivity index (χ0n) is 8.09. The Kier molecular flexibility index (Phi) is 4.39. The first-order chi connectivity index (χ1) is 7.49. The van der Waals surface area contributed by atoms with E-state index in [1.165, 1.54) is 18.2 Å². The van der Waals surface area contributed by atoms with Gasteiger partial charge in [0.25, 0.3) is 5.69 Å². The standard InChI is InChI=1S/C8H9BrN2O4S/c9-5-6-10-16(14,15)8-4-2-1-3-7(8)11(12)13/h1-4,10H,5-6H2. The molecule has 0 spiro atoms. The summed E-state index contributed by atoms with van der Waals surface area (Å²) in [5, 5.41) is 11.1. The minimum absolute atomic E-state index is 0.175. The first-order valence-corrected chi connectivity index (χ1v) is 6.88. The summed E-state index contributed by atoms with van der Waals surface area (Å²) in [6, 6.07) is 5.22. The van der Waals surface area contributed by atoms with E-state index in [1.807, 2.05) is 0 Å². The van der Waals surface area contributed by atoms with E-state index < -0.39 is 20.6 Å². The highest BCUT2D eigenvalue weighted by Crippen LogP contribution is 2.22. The number of rotatable bonds is 5. The Labute approximate surface area is 101 Å². The molecule has 1 N–H and O–H groups in total. The number of halogens is 1. The minimum atomic E-state index is -3.82. The number of nitro benzene ring substituents is 1. The summed E-state index contributed by atoms with van der Waals surface area (Å²) in [7, 11) is -3.82. The van der Waals surface area contributed by atoms with Crippen molar-refractivity contribution in [3.05, 3.63) is 34.4 Å². The molecule has 0 saturated heterocycles. The fourth-order valence-electron chi connectivity index (χ4n) is 1.09. The van der Waals surface area contributed by atoms with Gasteiger partial charge in [-0.2, -0.15) is 0 Å². The van der Waals surface area contributed by atoms with E-state index in [4.69, 9.17) is 0 Å². The van der Waals surface area contributed by atoms with Crippen LogP contribution in [0.15, 0.2) is 29.2 Å². The minimum Gasteiger partial charge on any atom is -0.258 e. The third kappa shape index (κ3) is 3.00. The van der Waals surface area contributed by atoms with Crippen LogP contribution in [0.3, 0.4) is 0 Å².